The van der Waals surface area contributed by atoms with Crippen LogP contribution in [-0.4, -0.2) is 15.5 Å². The van der Waals surface area contributed by atoms with Crippen LogP contribution in [0.15, 0.2) is 30.3 Å². The predicted molar refractivity (Wildman–Crippen MR) is 65.4 cm³/mol. The maximum atomic E-state index is 11.5. The van der Waals surface area contributed by atoms with Crippen molar-refractivity contribution in [1.29, 1.82) is 0 Å². The van der Waals surface area contributed by atoms with Crippen LogP contribution in [0, 0.1) is 0 Å². The number of para-hydroxylation sites is 1. The number of nitrogens with one attached hydrogen (secondary N) is 1. The van der Waals surface area contributed by atoms with Crippen LogP contribution in [0.25, 0.3) is 0 Å². The second kappa shape index (κ2) is 5.40. The van der Waals surface area contributed by atoms with Gasteiger partial charge in [0.1, 0.15) is 11.6 Å². The van der Waals surface area contributed by atoms with E-state index in [0.29, 0.717) is 16.7 Å². The number of hydrogen-bond donors (Lipinski definition) is 1. The molecule has 0 atom stereocenters. The summed E-state index contributed by atoms with van der Waals surface area (Å²) in [6.07, 6.45) is 0.182. The van der Waals surface area contributed by atoms with E-state index in [2.05, 4.69) is 14.7 Å². The summed E-state index contributed by atoms with van der Waals surface area (Å²) < 4.78 is 9.11. The maximum Gasteiger partial charge on any atom is 0.418 e. The van der Waals surface area contributed by atoms with Gasteiger partial charge in [-0.3, -0.25) is 5.32 Å². The highest BCUT2D eigenvalue weighted by molar-refractivity contribution is 7.09. The minimum atomic E-state index is -0.560. The Bertz CT molecular complexity index is 498. The normalized spacial score (nSPS) is 9.94. The zero-order valence-electron chi connectivity index (χ0n) is 9.21. The number of aryl methyl sites for hydroxylation is 1. The van der Waals surface area contributed by atoms with Crippen molar-refractivity contribution in [1.82, 2.24) is 9.36 Å². The number of rotatable bonds is 3. The second-order valence-corrected chi connectivity index (χ2v) is 3.95. The van der Waals surface area contributed by atoms with Crippen LogP contribution in [0.4, 0.5) is 9.93 Å². The monoisotopic (exact) mass is 249 g/mol. The first kappa shape index (κ1) is 11.5. The quantitative estimate of drug-likeness (QED) is 0.908. The molecule has 17 heavy (non-hydrogen) atoms. The number of ether oxygens (including phenoxy) is 1. The lowest BCUT2D eigenvalue weighted by Crippen LogP contribution is -2.16. The van der Waals surface area contributed by atoms with E-state index in [1.807, 2.05) is 13.0 Å². The van der Waals surface area contributed by atoms with Crippen LogP contribution in [0.3, 0.4) is 0 Å². The molecule has 0 unspecified atom stereocenters. The van der Waals surface area contributed by atoms with Crippen molar-refractivity contribution in [3.63, 3.8) is 0 Å². The average Bonchev–Trinajstić information content (AvgIpc) is 2.78. The van der Waals surface area contributed by atoms with Gasteiger partial charge in [-0.05, 0) is 12.1 Å². The van der Waals surface area contributed by atoms with Gasteiger partial charge >= 0.3 is 6.09 Å². The number of carbonyl (C=O) groups excluding carboxylic acids is 1. The SMILES string of the molecule is CCc1nsc(NC(=O)Oc2ccccc2)n1. The highest BCUT2D eigenvalue weighted by Gasteiger charge is 2.08. The van der Waals surface area contributed by atoms with Crippen molar-refractivity contribution >= 4 is 22.8 Å². The molecular weight excluding hydrogens is 238 g/mol. The van der Waals surface area contributed by atoms with Crippen molar-refractivity contribution in [3.05, 3.63) is 36.2 Å². The van der Waals surface area contributed by atoms with Gasteiger partial charge in [0.15, 0.2) is 0 Å². The largest absolute Gasteiger partial charge is 0.418 e. The molecule has 0 saturated carbocycles. The first-order valence-corrected chi connectivity index (χ1v) is 5.91. The zero-order chi connectivity index (χ0) is 12.1. The minimum absolute atomic E-state index is 0.447. The first-order chi connectivity index (χ1) is 8.28. The van der Waals surface area contributed by atoms with Crippen molar-refractivity contribution in [2.75, 3.05) is 5.32 Å². The van der Waals surface area contributed by atoms with Crippen LogP contribution >= 0.6 is 11.5 Å². The summed E-state index contributed by atoms with van der Waals surface area (Å²) >= 11 is 1.14. The van der Waals surface area contributed by atoms with E-state index in [4.69, 9.17) is 4.74 Å². The van der Waals surface area contributed by atoms with Gasteiger partial charge in [-0.25, -0.2) is 9.78 Å². The summed E-state index contributed by atoms with van der Waals surface area (Å²) in [6, 6.07) is 8.85. The Morgan fingerprint density at radius 3 is 2.82 bits per heavy atom. The molecule has 0 aliphatic heterocycles. The van der Waals surface area contributed by atoms with E-state index in [-0.39, 0.29) is 0 Å². The number of hydrogen-bond acceptors (Lipinski definition) is 5. The molecule has 1 aromatic heterocycles. The lowest BCUT2D eigenvalue weighted by molar-refractivity contribution is 0.215. The molecule has 1 heterocycles. The molecule has 1 amide bonds. The van der Waals surface area contributed by atoms with Gasteiger partial charge < -0.3 is 4.74 Å². The third-order valence-corrected chi connectivity index (χ3v) is 2.62. The van der Waals surface area contributed by atoms with Gasteiger partial charge in [0.2, 0.25) is 5.13 Å². The third-order valence-electron chi connectivity index (χ3n) is 1.95. The highest BCUT2D eigenvalue weighted by Crippen LogP contribution is 2.13. The molecule has 0 saturated heterocycles. The first-order valence-electron chi connectivity index (χ1n) is 5.14. The fourth-order valence-corrected chi connectivity index (χ4v) is 1.79. The van der Waals surface area contributed by atoms with E-state index >= 15 is 0 Å². The standard InChI is InChI=1S/C11H11N3O2S/c1-2-9-12-10(17-14-9)13-11(15)16-8-6-4-3-5-7-8/h3-7H,2H2,1H3,(H,12,13,14,15). The Kier molecular flexibility index (Phi) is 3.66. The van der Waals surface area contributed by atoms with E-state index in [1.165, 1.54) is 0 Å². The van der Waals surface area contributed by atoms with Gasteiger partial charge in [-0.1, -0.05) is 25.1 Å². The van der Waals surface area contributed by atoms with Crippen LogP contribution < -0.4 is 10.1 Å². The Balaban J connectivity index is 1.93. The van der Waals surface area contributed by atoms with Gasteiger partial charge in [-0.2, -0.15) is 4.37 Å². The molecule has 0 spiro atoms. The molecule has 0 aliphatic rings. The number of anilines is 1. The third kappa shape index (κ3) is 3.25. The van der Waals surface area contributed by atoms with Crippen molar-refractivity contribution in [2.24, 2.45) is 0 Å². The summed E-state index contributed by atoms with van der Waals surface area (Å²) in [5.41, 5.74) is 0. The van der Waals surface area contributed by atoms with Crippen LogP contribution in [-0.2, 0) is 6.42 Å². The number of nitrogens with zero attached hydrogens (tertiary/aromatic N) is 2. The molecule has 0 fully saturated rings. The lowest BCUT2D eigenvalue weighted by atomic mass is 10.3. The average molecular weight is 249 g/mol. The number of benzene rings is 1. The Morgan fingerprint density at radius 1 is 1.41 bits per heavy atom. The van der Waals surface area contributed by atoms with Crippen LogP contribution in [0.2, 0.25) is 0 Å². The van der Waals surface area contributed by atoms with E-state index < -0.39 is 6.09 Å². The van der Waals surface area contributed by atoms with Gasteiger partial charge in [0.25, 0.3) is 0 Å². The van der Waals surface area contributed by atoms with Crippen LogP contribution in [0.5, 0.6) is 5.75 Å². The zero-order valence-corrected chi connectivity index (χ0v) is 10.0. The Hall–Kier alpha value is -1.95. The van der Waals surface area contributed by atoms with E-state index in [9.17, 15) is 4.79 Å². The fraction of sp³-hybridized carbons (Fsp3) is 0.182. The summed E-state index contributed by atoms with van der Waals surface area (Å²) in [5, 5.41) is 2.98. The molecule has 2 rings (SSSR count). The summed E-state index contributed by atoms with van der Waals surface area (Å²) in [5.74, 6) is 1.20. The second-order valence-electron chi connectivity index (χ2n) is 3.20. The van der Waals surface area contributed by atoms with E-state index in [0.717, 1.165) is 18.0 Å². The molecule has 0 radical (unpaired) electrons. The van der Waals surface area contributed by atoms with Gasteiger partial charge in [0.05, 0.1) is 0 Å². The molecule has 5 nitrogen and oxygen atoms in total. The van der Waals surface area contributed by atoms with Crippen molar-refractivity contribution in [3.8, 4) is 5.75 Å². The predicted octanol–water partition coefficient (Wildman–Crippen LogP) is 2.71. The highest BCUT2D eigenvalue weighted by atomic mass is 32.1. The summed E-state index contributed by atoms with van der Waals surface area (Å²) in [6.45, 7) is 1.95. The summed E-state index contributed by atoms with van der Waals surface area (Å²) in [4.78, 5) is 15.6. The molecule has 2 aromatic rings. The van der Waals surface area contributed by atoms with Gasteiger partial charge in [0, 0.05) is 18.0 Å². The van der Waals surface area contributed by atoms with E-state index in [1.54, 1.807) is 24.3 Å². The maximum absolute atomic E-state index is 11.5. The van der Waals surface area contributed by atoms with Crippen molar-refractivity contribution in [2.45, 2.75) is 13.3 Å². The van der Waals surface area contributed by atoms with Gasteiger partial charge in [-0.15, -0.1) is 0 Å². The fourth-order valence-electron chi connectivity index (χ4n) is 1.16. The molecule has 88 valence electrons. The number of carbonyl (C=O) groups is 1. The topological polar surface area (TPSA) is 64.1 Å². The van der Waals surface area contributed by atoms with Crippen LogP contribution in [0.1, 0.15) is 12.7 Å². The Labute approximate surface area is 103 Å². The minimum Gasteiger partial charge on any atom is -0.410 e. The molecular formula is C11H11N3O2S. The number of amides is 1. The molecule has 1 aromatic carbocycles. The molecule has 0 bridgehead atoms. The molecule has 1 N–H and O–H groups in total. The molecule has 6 heteroatoms. The summed E-state index contributed by atoms with van der Waals surface area (Å²) in [7, 11) is 0. The smallest absolute Gasteiger partial charge is 0.410 e. The number of aromatic nitrogens is 2. The molecule has 0 aliphatic carbocycles. The lowest BCUT2D eigenvalue weighted by Gasteiger charge is -2.02. The Morgan fingerprint density at radius 2 is 2.18 bits per heavy atom. The van der Waals surface area contributed by atoms with Crippen molar-refractivity contribution < 1.29 is 9.53 Å².